The predicted octanol–water partition coefficient (Wildman–Crippen LogP) is 2.24. The summed E-state index contributed by atoms with van der Waals surface area (Å²) in [6, 6.07) is 12.8. The number of carbonyl (C=O) groups excluding carboxylic acids is 1. The largest absolute Gasteiger partial charge is 0.327 e. The van der Waals surface area contributed by atoms with Crippen molar-refractivity contribution < 1.29 is 17.6 Å². The van der Waals surface area contributed by atoms with Gasteiger partial charge in [0, 0.05) is 18.6 Å². The summed E-state index contributed by atoms with van der Waals surface area (Å²) in [6.07, 6.45) is 1.83. The smallest absolute Gasteiger partial charge is 0.266 e. The van der Waals surface area contributed by atoms with Gasteiger partial charge in [-0.15, -0.1) is 11.3 Å². The van der Waals surface area contributed by atoms with E-state index < -0.39 is 32.7 Å². The molecule has 1 aromatic heterocycles. The van der Waals surface area contributed by atoms with Crippen LogP contribution in [0.4, 0.5) is 4.39 Å². The maximum atomic E-state index is 14.0. The molecular formula is C19H18FN3O3S2. The van der Waals surface area contributed by atoms with Crippen molar-refractivity contribution in [2.45, 2.75) is 17.4 Å². The van der Waals surface area contributed by atoms with Gasteiger partial charge in [0.1, 0.15) is 16.8 Å². The van der Waals surface area contributed by atoms with E-state index in [-0.39, 0.29) is 6.42 Å². The number of aryl methyl sites for hydroxylation is 1. The highest BCUT2D eigenvalue weighted by Crippen LogP contribution is 2.15. The van der Waals surface area contributed by atoms with Crippen molar-refractivity contribution >= 4 is 27.3 Å². The molecule has 9 heteroatoms. The number of rotatable bonds is 6. The van der Waals surface area contributed by atoms with Crippen molar-refractivity contribution in [1.29, 1.82) is 0 Å². The molecule has 0 unspecified atom stereocenters. The number of thiazole rings is 1. The molecule has 28 heavy (non-hydrogen) atoms. The molecule has 0 aliphatic rings. The first-order valence-corrected chi connectivity index (χ1v) is 10.7. The molecule has 1 amide bonds. The number of amides is 1. The first-order valence-electron chi connectivity index (χ1n) is 8.36. The predicted molar refractivity (Wildman–Crippen MR) is 105 cm³/mol. The number of aromatic nitrogens is 1. The van der Waals surface area contributed by atoms with E-state index in [4.69, 9.17) is 0 Å². The normalized spacial score (nSPS) is 13.4. The lowest BCUT2D eigenvalue weighted by molar-refractivity contribution is -0.119. The van der Waals surface area contributed by atoms with Gasteiger partial charge in [-0.25, -0.2) is 12.8 Å². The van der Waals surface area contributed by atoms with Crippen LogP contribution in [0.5, 0.6) is 0 Å². The summed E-state index contributed by atoms with van der Waals surface area (Å²) in [6.45, 7) is 0. The van der Waals surface area contributed by atoms with Gasteiger partial charge in [0.2, 0.25) is 10.0 Å². The quantitative estimate of drug-likeness (QED) is 0.665. The lowest BCUT2D eigenvalue weighted by Crippen LogP contribution is -2.42. The number of nitrogens with zero attached hydrogens (tertiary/aromatic N) is 2. The second-order valence-electron chi connectivity index (χ2n) is 6.04. The van der Waals surface area contributed by atoms with Gasteiger partial charge < -0.3 is 4.57 Å². The maximum Gasteiger partial charge on any atom is 0.266 e. The van der Waals surface area contributed by atoms with Crippen molar-refractivity contribution in [1.82, 2.24) is 9.29 Å². The Morgan fingerprint density at radius 2 is 1.86 bits per heavy atom. The number of hydrogen-bond acceptors (Lipinski definition) is 4. The Kier molecular flexibility index (Phi) is 6.18. The van der Waals surface area contributed by atoms with Crippen LogP contribution < -0.4 is 9.52 Å². The Morgan fingerprint density at radius 3 is 2.50 bits per heavy atom. The number of hydrogen-bond donors (Lipinski definition) is 1. The van der Waals surface area contributed by atoms with E-state index >= 15 is 0 Å². The number of nitrogens with one attached hydrogen (secondary N) is 1. The molecule has 0 aliphatic carbocycles. The standard InChI is InChI=1S/C19H18FN3O3S2/c1-23-11-12-27-19(23)21-18(24)16(13-14-7-3-2-4-8-14)22-28(25,26)17-10-6-5-9-15(17)20/h2-12,16,22H,13H2,1H3/t16-/m0/s1. The molecule has 3 rings (SSSR count). The van der Waals surface area contributed by atoms with E-state index in [1.54, 1.807) is 47.5 Å². The highest BCUT2D eigenvalue weighted by Gasteiger charge is 2.27. The Bertz CT molecular complexity index is 1140. The Balaban J connectivity index is 1.95. The molecule has 0 bridgehead atoms. The Morgan fingerprint density at radius 1 is 1.18 bits per heavy atom. The first kappa shape index (κ1) is 20.1. The molecule has 1 atom stereocenters. The molecule has 146 valence electrons. The van der Waals surface area contributed by atoms with Gasteiger partial charge in [-0.2, -0.15) is 9.71 Å². The van der Waals surface area contributed by atoms with E-state index in [1.807, 2.05) is 6.07 Å². The van der Waals surface area contributed by atoms with Crippen molar-refractivity contribution in [3.8, 4) is 0 Å². The minimum Gasteiger partial charge on any atom is -0.327 e. The zero-order valence-electron chi connectivity index (χ0n) is 14.9. The molecular weight excluding hydrogens is 401 g/mol. The second kappa shape index (κ2) is 8.59. The van der Waals surface area contributed by atoms with Crippen LogP contribution in [0.25, 0.3) is 0 Å². The average molecular weight is 420 g/mol. The fraction of sp³-hybridized carbons (Fsp3) is 0.158. The van der Waals surface area contributed by atoms with Gasteiger partial charge >= 0.3 is 0 Å². The summed E-state index contributed by atoms with van der Waals surface area (Å²) >= 11 is 1.26. The van der Waals surface area contributed by atoms with Crippen LogP contribution in [0, 0.1) is 5.82 Å². The first-order chi connectivity index (χ1) is 13.4. The third kappa shape index (κ3) is 4.80. The zero-order chi connectivity index (χ0) is 20.1. The summed E-state index contributed by atoms with van der Waals surface area (Å²) in [5, 5.41) is 1.77. The van der Waals surface area contributed by atoms with Crippen LogP contribution in [-0.4, -0.2) is 24.9 Å². The molecule has 0 radical (unpaired) electrons. The third-order valence-corrected chi connectivity index (χ3v) is 6.32. The minimum absolute atomic E-state index is 0.0892. The fourth-order valence-electron chi connectivity index (χ4n) is 2.55. The van der Waals surface area contributed by atoms with Gasteiger partial charge in [-0.3, -0.25) is 4.79 Å². The maximum absolute atomic E-state index is 14.0. The molecule has 1 N–H and O–H groups in total. The molecule has 6 nitrogen and oxygen atoms in total. The van der Waals surface area contributed by atoms with E-state index in [1.165, 1.54) is 23.5 Å². The van der Waals surface area contributed by atoms with Crippen LogP contribution in [0.1, 0.15) is 5.56 Å². The highest BCUT2D eigenvalue weighted by molar-refractivity contribution is 7.89. The summed E-state index contributed by atoms with van der Waals surface area (Å²) in [7, 11) is -2.52. The molecule has 1 heterocycles. The lowest BCUT2D eigenvalue weighted by Gasteiger charge is -2.16. The van der Waals surface area contributed by atoms with Gasteiger partial charge in [-0.05, 0) is 24.1 Å². The van der Waals surface area contributed by atoms with Crippen molar-refractivity contribution in [3.63, 3.8) is 0 Å². The van der Waals surface area contributed by atoms with Gasteiger partial charge in [0.15, 0.2) is 4.80 Å². The summed E-state index contributed by atoms with van der Waals surface area (Å²) in [4.78, 5) is 16.7. The number of carbonyl (C=O) groups is 1. The minimum atomic E-state index is -4.25. The summed E-state index contributed by atoms with van der Waals surface area (Å²) in [5.41, 5.74) is 0.753. The van der Waals surface area contributed by atoms with Crippen LogP contribution in [0.15, 0.2) is 76.1 Å². The monoisotopic (exact) mass is 419 g/mol. The lowest BCUT2D eigenvalue weighted by atomic mass is 10.1. The third-order valence-electron chi connectivity index (χ3n) is 3.97. The number of halogens is 1. The van der Waals surface area contributed by atoms with Crippen molar-refractivity contribution in [2.24, 2.45) is 12.0 Å². The van der Waals surface area contributed by atoms with Crippen LogP contribution in [0.3, 0.4) is 0 Å². The molecule has 0 saturated carbocycles. The molecule has 0 saturated heterocycles. The molecule has 0 aliphatic heterocycles. The summed E-state index contributed by atoms with van der Waals surface area (Å²) in [5.74, 6) is -1.54. The number of benzene rings is 2. The van der Waals surface area contributed by atoms with Crippen molar-refractivity contribution in [2.75, 3.05) is 0 Å². The van der Waals surface area contributed by atoms with E-state index in [2.05, 4.69) is 9.71 Å². The van der Waals surface area contributed by atoms with E-state index in [9.17, 15) is 17.6 Å². The second-order valence-corrected chi connectivity index (χ2v) is 8.60. The number of sulfonamides is 1. The average Bonchev–Trinajstić information content (AvgIpc) is 3.06. The van der Waals surface area contributed by atoms with Crippen LogP contribution in [-0.2, 0) is 28.3 Å². The van der Waals surface area contributed by atoms with Gasteiger partial charge in [0.05, 0.1) is 0 Å². The molecule has 0 fully saturated rings. The van der Waals surface area contributed by atoms with Crippen LogP contribution in [0.2, 0.25) is 0 Å². The SMILES string of the molecule is Cn1ccsc1=NC(=O)[C@H](Cc1ccccc1)NS(=O)(=O)c1ccccc1F. The van der Waals surface area contributed by atoms with Gasteiger partial charge in [0.25, 0.3) is 5.91 Å². The molecule has 2 aromatic carbocycles. The highest BCUT2D eigenvalue weighted by atomic mass is 32.2. The summed E-state index contributed by atoms with van der Waals surface area (Å²) < 4.78 is 43.3. The van der Waals surface area contributed by atoms with E-state index in [0.717, 1.165) is 17.7 Å². The Labute approximate surface area is 166 Å². The molecule has 0 spiro atoms. The zero-order valence-corrected chi connectivity index (χ0v) is 16.6. The Hall–Kier alpha value is -2.62. The topological polar surface area (TPSA) is 80.5 Å². The fourth-order valence-corrected chi connectivity index (χ4v) is 4.55. The molecule has 3 aromatic rings. The van der Waals surface area contributed by atoms with Crippen LogP contribution >= 0.6 is 11.3 Å². The van der Waals surface area contributed by atoms with Crippen molar-refractivity contribution in [3.05, 3.63) is 82.4 Å². The van der Waals surface area contributed by atoms with Gasteiger partial charge in [-0.1, -0.05) is 42.5 Å². The van der Waals surface area contributed by atoms with E-state index in [0.29, 0.717) is 4.80 Å².